The summed E-state index contributed by atoms with van der Waals surface area (Å²) in [7, 11) is 1.74. The van der Waals surface area contributed by atoms with Gasteiger partial charge in [0, 0.05) is 7.05 Å². The molecule has 0 saturated carbocycles. The first-order valence-corrected chi connectivity index (χ1v) is 7.39. The number of amides is 3. The van der Waals surface area contributed by atoms with Crippen molar-refractivity contribution < 1.29 is 9.59 Å². The number of allylic oxidation sites excluding steroid dienone is 1. The molecule has 1 aromatic rings. The lowest BCUT2D eigenvalue weighted by Gasteiger charge is -2.23. The van der Waals surface area contributed by atoms with Gasteiger partial charge in [-0.1, -0.05) is 49.8 Å². The number of hydrogen-bond acceptors (Lipinski definition) is 2. The van der Waals surface area contributed by atoms with Gasteiger partial charge < -0.3 is 4.90 Å². The molecular weight excluding hydrogens is 264 g/mol. The zero-order valence-corrected chi connectivity index (χ0v) is 12.8. The van der Waals surface area contributed by atoms with Gasteiger partial charge in [-0.15, -0.1) is 0 Å². The van der Waals surface area contributed by atoms with Crippen molar-refractivity contribution in [3.63, 3.8) is 0 Å². The molecule has 1 saturated heterocycles. The molecule has 0 N–H and O–H groups in total. The van der Waals surface area contributed by atoms with Crippen molar-refractivity contribution in [3.05, 3.63) is 48.0 Å². The van der Waals surface area contributed by atoms with Crippen LogP contribution in [0.15, 0.2) is 42.5 Å². The van der Waals surface area contributed by atoms with Gasteiger partial charge in [0.1, 0.15) is 0 Å². The van der Waals surface area contributed by atoms with Crippen molar-refractivity contribution in [2.24, 2.45) is 0 Å². The van der Waals surface area contributed by atoms with E-state index in [4.69, 9.17) is 0 Å². The summed E-state index contributed by atoms with van der Waals surface area (Å²) in [6.07, 6.45) is 5.18. The van der Waals surface area contributed by atoms with E-state index in [0.717, 1.165) is 18.4 Å². The number of imide groups is 1. The van der Waals surface area contributed by atoms with Gasteiger partial charge in [0.2, 0.25) is 0 Å². The third kappa shape index (κ3) is 2.99. The van der Waals surface area contributed by atoms with Crippen molar-refractivity contribution in [2.45, 2.75) is 38.8 Å². The third-order valence-corrected chi connectivity index (χ3v) is 3.95. The van der Waals surface area contributed by atoms with Crippen molar-refractivity contribution >= 4 is 11.9 Å². The van der Waals surface area contributed by atoms with Gasteiger partial charge in [-0.2, -0.15) is 0 Å². The molecule has 0 aliphatic carbocycles. The Balaban J connectivity index is 2.31. The van der Waals surface area contributed by atoms with Crippen LogP contribution in [0.1, 0.15) is 38.3 Å². The van der Waals surface area contributed by atoms with E-state index in [1.165, 1.54) is 11.0 Å². The summed E-state index contributed by atoms with van der Waals surface area (Å²) in [6, 6.07) is 9.21. The molecular formula is C17H22N2O2. The zero-order valence-electron chi connectivity index (χ0n) is 12.8. The fraction of sp³-hybridized carbons (Fsp3) is 0.412. The quantitative estimate of drug-likeness (QED) is 0.796. The standard InChI is InChI=1S/C17H22N2O2/c1-4-5-7-12-15(20)19-16(13(2)18(3)17(19)21)14-10-8-6-9-11-14/h6-13,16H,4-5H2,1-3H3/b12-7+/t13-,16-/m1/s1. The maximum absolute atomic E-state index is 12.4. The van der Waals surface area contributed by atoms with Crippen LogP contribution in [-0.4, -0.2) is 34.8 Å². The summed E-state index contributed by atoms with van der Waals surface area (Å²) in [5.74, 6) is -0.237. The van der Waals surface area contributed by atoms with E-state index in [2.05, 4.69) is 6.92 Å². The number of carbonyl (C=O) groups excluding carboxylic acids is 2. The fourth-order valence-corrected chi connectivity index (χ4v) is 2.63. The summed E-state index contributed by atoms with van der Waals surface area (Å²) in [5.41, 5.74) is 0.986. The van der Waals surface area contributed by atoms with Crippen LogP contribution in [0.5, 0.6) is 0 Å². The van der Waals surface area contributed by atoms with Gasteiger partial charge in [0.15, 0.2) is 0 Å². The van der Waals surface area contributed by atoms with Crippen molar-refractivity contribution in [1.29, 1.82) is 0 Å². The summed E-state index contributed by atoms with van der Waals surface area (Å²) < 4.78 is 0. The Hall–Kier alpha value is -2.10. The molecule has 1 fully saturated rings. The Morgan fingerprint density at radius 1 is 1.29 bits per heavy atom. The lowest BCUT2D eigenvalue weighted by atomic mass is 10.0. The van der Waals surface area contributed by atoms with Crippen LogP contribution in [0.2, 0.25) is 0 Å². The van der Waals surface area contributed by atoms with Crippen molar-refractivity contribution in [3.8, 4) is 0 Å². The molecule has 4 nitrogen and oxygen atoms in total. The molecule has 3 amide bonds. The number of hydrogen-bond donors (Lipinski definition) is 0. The molecule has 0 unspecified atom stereocenters. The van der Waals surface area contributed by atoms with E-state index in [1.54, 1.807) is 11.9 Å². The molecule has 2 rings (SSSR count). The summed E-state index contributed by atoms with van der Waals surface area (Å²) in [4.78, 5) is 27.8. The molecule has 1 aliphatic rings. The Bertz CT molecular complexity index is 539. The van der Waals surface area contributed by atoms with Gasteiger partial charge in [0.05, 0.1) is 12.1 Å². The third-order valence-electron chi connectivity index (χ3n) is 3.95. The van der Waals surface area contributed by atoms with E-state index in [-0.39, 0.29) is 24.0 Å². The van der Waals surface area contributed by atoms with Crippen LogP contribution < -0.4 is 0 Å². The van der Waals surface area contributed by atoms with Gasteiger partial charge in [-0.25, -0.2) is 4.79 Å². The second kappa shape index (κ2) is 6.57. The lowest BCUT2D eigenvalue weighted by Crippen LogP contribution is -2.35. The summed E-state index contributed by atoms with van der Waals surface area (Å²) in [5, 5.41) is 0. The number of benzene rings is 1. The highest BCUT2D eigenvalue weighted by molar-refractivity contribution is 6.02. The number of likely N-dealkylation sites (N-methyl/N-ethyl adjacent to an activating group) is 1. The Morgan fingerprint density at radius 3 is 2.57 bits per heavy atom. The molecule has 2 atom stereocenters. The second-order valence-corrected chi connectivity index (χ2v) is 5.39. The van der Waals surface area contributed by atoms with Gasteiger partial charge in [-0.3, -0.25) is 9.69 Å². The van der Waals surface area contributed by atoms with Gasteiger partial charge in [0.25, 0.3) is 5.91 Å². The van der Waals surface area contributed by atoms with Crippen molar-refractivity contribution in [2.75, 3.05) is 7.05 Å². The minimum Gasteiger partial charge on any atom is -0.322 e. The summed E-state index contributed by atoms with van der Waals surface area (Å²) in [6.45, 7) is 4.02. The van der Waals surface area contributed by atoms with E-state index in [0.29, 0.717) is 0 Å². The van der Waals surface area contributed by atoms with Crippen LogP contribution in [0, 0.1) is 0 Å². The first kappa shape index (κ1) is 15.3. The SMILES string of the molecule is CCC/C=C/C(=O)N1C(=O)N(C)[C@H](C)[C@@H]1c1ccccc1. The van der Waals surface area contributed by atoms with Gasteiger partial charge >= 0.3 is 6.03 Å². The smallest absolute Gasteiger partial charge is 0.322 e. The molecule has 1 aliphatic heterocycles. The molecule has 0 radical (unpaired) electrons. The molecule has 4 heteroatoms. The maximum atomic E-state index is 12.4. The highest BCUT2D eigenvalue weighted by Gasteiger charge is 2.44. The Kier molecular flexibility index (Phi) is 4.78. The molecule has 1 heterocycles. The Labute approximate surface area is 126 Å². The fourth-order valence-electron chi connectivity index (χ4n) is 2.63. The zero-order chi connectivity index (χ0) is 15.4. The lowest BCUT2D eigenvalue weighted by molar-refractivity contribution is -0.124. The highest BCUT2D eigenvalue weighted by Crippen LogP contribution is 2.34. The van der Waals surface area contributed by atoms with Gasteiger partial charge in [-0.05, 0) is 25.0 Å². The summed E-state index contributed by atoms with van der Waals surface area (Å²) >= 11 is 0. The van der Waals surface area contributed by atoms with Crippen LogP contribution in [0.3, 0.4) is 0 Å². The van der Waals surface area contributed by atoms with E-state index < -0.39 is 0 Å². The highest BCUT2D eigenvalue weighted by atomic mass is 16.2. The topological polar surface area (TPSA) is 40.6 Å². The average molecular weight is 286 g/mol. The number of unbranched alkanes of at least 4 members (excludes halogenated alkanes) is 1. The second-order valence-electron chi connectivity index (χ2n) is 5.39. The van der Waals surface area contributed by atoms with E-state index >= 15 is 0 Å². The molecule has 21 heavy (non-hydrogen) atoms. The molecule has 0 spiro atoms. The van der Waals surface area contributed by atoms with Crippen LogP contribution in [0.4, 0.5) is 4.79 Å². The predicted molar refractivity (Wildman–Crippen MR) is 82.7 cm³/mol. The maximum Gasteiger partial charge on any atom is 0.327 e. The number of nitrogens with zero attached hydrogens (tertiary/aromatic N) is 2. The van der Waals surface area contributed by atoms with Crippen LogP contribution in [-0.2, 0) is 4.79 Å². The average Bonchev–Trinajstić information content (AvgIpc) is 2.72. The number of carbonyl (C=O) groups is 2. The monoisotopic (exact) mass is 286 g/mol. The molecule has 0 aromatic heterocycles. The molecule has 0 bridgehead atoms. The predicted octanol–water partition coefficient (Wildman–Crippen LogP) is 3.37. The number of rotatable bonds is 4. The van der Waals surface area contributed by atoms with Crippen molar-refractivity contribution in [1.82, 2.24) is 9.80 Å². The first-order valence-electron chi connectivity index (χ1n) is 7.39. The minimum atomic E-state index is -0.237. The Morgan fingerprint density at radius 2 is 1.95 bits per heavy atom. The number of urea groups is 1. The van der Waals surface area contributed by atoms with Crippen LogP contribution >= 0.6 is 0 Å². The van der Waals surface area contributed by atoms with E-state index in [9.17, 15) is 9.59 Å². The molecule has 112 valence electrons. The first-order chi connectivity index (χ1) is 10.1. The minimum absolute atomic E-state index is 0.0385. The van der Waals surface area contributed by atoms with Crippen LogP contribution in [0.25, 0.3) is 0 Å². The largest absolute Gasteiger partial charge is 0.327 e. The normalized spacial score (nSPS) is 22.3. The molecule has 1 aromatic carbocycles. The van der Waals surface area contributed by atoms with E-state index in [1.807, 2.05) is 43.3 Å².